The number of nitrogens with one attached hydrogen (secondary N) is 1. The molecule has 0 radical (unpaired) electrons. The maximum atomic E-state index is 13.9. The van der Waals surface area contributed by atoms with Crippen molar-refractivity contribution in [2.75, 3.05) is 10.2 Å². The second kappa shape index (κ2) is 10.9. The molecule has 214 valence electrons. The van der Waals surface area contributed by atoms with Crippen LogP contribution in [0.2, 0.25) is 0 Å². The van der Waals surface area contributed by atoms with Crippen LogP contribution in [-0.4, -0.2) is 36.0 Å². The number of fused-ring (bicyclic) bond motifs is 2. The molecule has 2 aliphatic rings. The van der Waals surface area contributed by atoms with Gasteiger partial charge in [-0.25, -0.2) is 18.5 Å². The number of imide groups is 1. The predicted octanol–water partition coefficient (Wildman–Crippen LogP) is 3.75. The molecule has 3 atom stereocenters. The van der Waals surface area contributed by atoms with Gasteiger partial charge in [0.05, 0.1) is 21.5 Å². The van der Waals surface area contributed by atoms with Crippen molar-refractivity contribution in [3.8, 4) is 0 Å². The molecular formula is C28H21BrN4O6S3. The van der Waals surface area contributed by atoms with E-state index < -0.39 is 37.9 Å². The lowest BCUT2D eigenvalue weighted by atomic mass is 9.83. The van der Waals surface area contributed by atoms with Gasteiger partial charge in [0, 0.05) is 21.0 Å². The quantitative estimate of drug-likeness (QED) is 0.294. The molecule has 1 saturated heterocycles. The number of amides is 3. The van der Waals surface area contributed by atoms with Gasteiger partial charge in [0.1, 0.15) is 11.8 Å². The molecule has 3 heterocycles. The van der Waals surface area contributed by atoms with E-state index in [1.54, 1.807) is 30.3 Å². The van der Waals surface area contributed by atoms with Crippen LogP contribution in [0.25, 0.3) is 0 Å². The van der Waals surface area contributed by atoms with Crippen LogP contribution in [0.1, 0.15) is 16.4 Å². The average molecular weight is 686 g/mol. The summed E-state index contributed by atoms with van der Waals surface area (Å²) in [6.07, 6.45) is 0. The monoisotopic (exact) mass is 684 g/mol. The number of anilines is 2. The molecule has 0 aliphatic carbocycles. The normalized spacial score (nSPS) is 19.9. The molecule has 2 aliphatic heterocycles. The van der Waals surface area contributed by atoms with Crippen LogP contribution in [0.3, 0.4) is 0 Å². The average Bonchev–Trinajstić information content (AvgIpc) is 3.40. The highest BCUT2D eigenvalue weighted by Gasteiger charge is 2.56. The molecule has 14 heteroatoms. The molecule has 3 N–H and O–H groups in total. The number of thiazole rings is 1. The Morgan fingerprint density at radius 2 is 1.60 bits per heavy atom. The fourth-order valence-electron chi connectivity index (χ4n) is 5.19. The lowest BCUT2D eigenvalue weighted by molar-refractivity contribution is -0.122. The van der Waals surface area contributed by atoms with E-state index in [1.165, 1.54) is 33.7 Å². The summed E-state index contributed by atoms with van der Waals surface area (Å²) in [4.78, 5) is 55.2. The third-order valence-electron chi connectivity index (χ3n) is 7.06. The number of nitrogens with zero attached hydrogens (tertiary/aromatic N) is 2. The van der Waals surface area contributed by atoms with Crippen molar-refractivity contribution in [3.63, 3.8) is 0 Å². The summed E-state index contributed by atoms with van der Waals surface area (Å²) in [6, 6.07) is 21.5. The summed E-state index contributed by atoms with van der Waals surface area (Å²) >= 11 is 5.53. The second-order valence-corrected chi connectivity index (χ2v) is 14.3. The largest absolute Gasteiger partial charge is 0.325 e. The van der Waals surface area contributed by atoms with Crippen LogP contribution in [0.15, 0.2) is 98.1 Å². The van der Waals surface area contributed by atoms with Crippen molar-refractivity contribution in [2.24, 2.45) is 11.1 Å². The van der Waals surface area contributed by atoms with Crippen LogP contribution < -0.4 is 20.2 Å². The van der Waals surface area contributed by atoms with Gasteiger partial charge in [0.2, 0.25) is 27.7 Å². The van der Waals surface area contributed by atoms with Gasteiger partial charge < -0.3 is 5.32 Å². The number of halogens is 1. The first kappa shape index (κ1) is 28.6. The number of carbonyl (C=O) groups excluding carboxylic acids is 3. The topological polar surface area (TPSA) is 149 Å². The number of sulfonamides is 1. The number of hydrogen-bond donors (Lipinski definition) is 2. The molecule has 42 heavy (non-hydrogen) atoms. The van der Waals surface area contributed by atoms with E-state index in [2.05, 4.69) is 21.2 Å². The van der Waals surface area contributed by atoms with Gasteiger partial charge in [-0.2, -0.15) is 0 Å². The highest BCUT2D eigenvalue weighted by atomic mass is 79.9. The molecule has 6 rings (SSSR count). The number of primary sulfonamides is 1. The molecule has 0 spiro atoms. The van der Waals surface area contributed by atoms with E-state index in [4.69, 9.17) is 5.14 Å². The Labute approximate surface area is 256 Å². The minimum atomic E-state index is -3.89. The summed E-state index contributed by atoms with van der Waals surface area (Å²) in [5.41, 5.74) is 1.57. The maximum absolute atomic E-state index is 13.9. The summed E-state index contributed by atoms with van der Waals surface area (Å²) in [7, 11) is -3.89. The van der Waals surface area contributed by atoms with E-state index in [0.29, 0.717) is 21.3 Å². The molecule has 4 aromatic rings. The first-order valence-electron chi connectivity index (χ1n) is 12.5. The number of rotatable bonds is 6. The third-order valence-corrected chi connectivity index (χ3v) is 11.1. The van der Waals surface area contributed by atoms with Gasteiger partial charge in [-0.3, -0.25) is 23.7 Å². The molecule has 0 saturated carbocycles. The van der Waals surface area contributed by atoms with Crippen molar-refractivity contribution < 1.29 is 22.8 Å². The first-order valence-corrected chi connectivity index (χ1v) is 16.6. The number of hydrogen-bond acceptors (Lipinski definition) is 8. The Bertz CT molecular complexity index is 1890. The third kappa shape index (κ3) is 5.13. The van der Waals surface area contributed by atoms with Crippen LogP contribution in [0.4, 0.5) is 11.4 Å². The molecule has 0 bridgehead atoms. The maximum Gasteiger partial charge on any atom is 0.308 e. The number of para-hydroxylation sites is 1. The van der Waals surface area contributed by atoms with E-state index in [0.717, 1.165) is 33.1 Å². The van der Waals surface area contributed by atoms with Crippen LogP contribution in [-0.2, 0) is 31.0 Å². The number of carbonyl (C=O) groups is 3. The summed E-state index contributed by atoms with van der Waals surface area (Å²) in [5, 5.41) is 7.46. The zero-order chi connectivity index (χ0) is 29.8. The molecular weight excluding hydrogens is 664 g/mol. The van der Waals surface area contributed by atoms with Gasteiger partial charge in [-0.05, 0) is 54.1 Å². The van der Waals surface area contributed by atoms with Crippen molar-refractivity contribution in [1.29, 1.82) is 0 Å². The fraction of sp³-hybridized carbons (Fsp3) is 0.143. The Morgan fingerprint density at radius 3 is 2.24 bits per heavy atom. The van der Waals surface area contributed by atoms with Crippen LogP contribution >= 0.6 is 39.0 Å². The lowest BCUT2D eigenvalue weighted by Gasteiger charge is -2.30. The fourth-order valence-corrected chi connectivity index (χ4v) is 8.74. The number of benzene rings is 3. The van der Waals surface area contributed by atoms with Gasteiger partial charge >= 0.3 is 4.87 Å². The van der Waals surface area contributed by atoms with Crippen LogP contribution in [0.5, 0.6) is 0 Å². The lowest BCUT2D eigenvalue weighted by Crippen LogP contribution is -2.33. The van der Waals surface area contributed by atoms with E-state index in [9.17, 15) is 27.6 Å². The van der Waals surface area contributed by atoms with Gasteiger partial charge in [0.15, 0.2) is 0 Å². The van der Waals surface area contributed by atoms with Crippen molar-refractivity contribution >= 4 is 78.1 Å². The number of aromatic nitrogens is 1. The highest BCUT2D eigenvalue weighted by Crippen LogP contribution is 2.53. The molecule has 0 unspecified atom stereocenters. The molecule has 1 aromatic heterocycles. The summed E-state index contributed by atoms with van der Waals surface area (Å²) in [6.45, 7) is -0.344. The van der Waals surface area contributed by atoms with E-state index in [1.807, 2.05) is 24.3 Å². The zero-order valence-electron chi connectivity index (χ0n) is 21.5. The Hall–Kier alpha value is -3.56. The van der Waals surface area contributed by atoms with Crippen LogP contribution in [0, 0.1) is 5.92 Å². The highest BCUT2D eigenvalue weighted by molar-refractivity contribution is 9.10. The number of thioether (sulfide) groups is 1. The Morgan fingerprint density at radius 1 is 0.929 bits per heavy atom. The van der Waals surface area contributed by atoms with Crippen molar-refractivity contribution in [2.45, 2.75) is 27.6 Å². The standard InChI is InChI=1S/C28H21BrN4O6S3/c29-16-8-6-15(7-9-16)21-22-23(26(36)33(25(22)35)18-4-2-1-3-5-18)40-27-24(21)41-28(37)32(27)14-20(34)31-17-10-12-19(13-11-17)42(30,38)39/h1-13,21-23H,14H2,(H,31,34)(H2,30,38,39)/t21-,22-,23+/m0/s1. The van der Waals surface area contributed by atoms with Gasteiger partial charge in [-0.15, -0.1) is 0 Å². The second-order valence-electron chi connectivity index (χ2n) is 9.68. The van der Waals surface area contributed by atoms with Gasteiger partial charge in [-0.1, -0.05) is 69.4 Å². The zero-order valence-corrected chi connectivity index (χ0v) is 25.5. The summed E-state index contributed by atoms with van der Waals surface area (Å²) in [5.74, 6) is -2.55. The van der Waals surface area contributed by atoms with Gasteiger partial charge in [0.25, 0.3) is 0 Å². The minimum Gasteiger partial charge on any atom is -0.325 e. The SMILES string of the molecule is NS(=O)(=O)c1ccc(NC(=O)Cn2c3c(sc2=O)[C@@H](c2ccc(Br)cc2)[C@@H]2C(=O)N(c4ccccc4)C(=O)[C@@H]2S3)cc1. The number of nitrogens with two attached hydrogens (primary N) is 1. The van der Waals surface area contributed by atoms with Crippen molar-refractivity contribution in [1.82, 2.24) is 4.57 Å². The molecule has 3 aromatic carbocycles. The van der Waals surface area contributed by atoms with E-state index in [-0.39, 0.29) is 23.3 Å². The predicted molar refractivity (Wildman–Crippen MR) is 163 cm³/mol. The van der Waals surface area contributed by atoms with Crippen molar-refractivity contribution in [3.05, 3.63) is 103 Å². The minimum absolute atomic E-state index is 0.103. The Kier molecular flexibility index (Phi) is 7.43. The Balaban J connectivity index is 1.36. The first-order chi connectivity index (χ1) is 20.0. The molecule has 10 nitrogen and oxygen atoms in total. The van der Waals surface area contributed by atoms with E-state index >= 15 is 0 Å². The smallest absolute Gasteiger partial charge is 0.308 e. The summed E-state index contributed by atoms with van der Waals surface area (Å²) < 4.78 is 25.2. The molecule has 3 amide bonds. The molecule has 1 fully saturated rings.